The Hall–Kier alpha value is -3.13. The van der Waals surface area contributed by atoms with Crippen LogP contribution < -0.4 is 21.1 Å². The van der Waals surface area contributed by atoms with Crippen LogP contribution in [0.5, 0.6) is 5.75 Å². The molecule has 1 amide bonds. The molecule has 0 aliphatic heterocycles. The molecule has 2 aromatic carbocycles. The number of anilines is 1. The molecule has 0 radical (unpaired) electrons. The maximum absolute atomic E-state index is 12.6. The molecule has 4 rings (SSSR count). The SMILES string of the molecule is Nc1nccc2cc(CNC(=O)c3cc(Cl)c(CNCCCOc4ccccc4)s3)ccc12. The molecule has 8 heteroatoms. The van der Waals surface area contributed by atoms with E-state index in [-0.39, 0.29) is 5.91 Å². The van der Waals surface area contributed by atoms with Gasteiger partial charge < -0.3 is 21.1 Å². The van der Waals surface area contributed by atoms with Crippen LogP contribution >= 0.6 is 22.9 Å². The lowest BCUT2D eigenvalue weighted by Crippen LogP contribution is -2.21. The Morgan fingerprint density at radius 2 is 1.94 bits per heavy atom. The second-order valence-corrected chi connectivity index (χ2v) is 9.05. The molecule has 0 saturated carbocycles. The fourth-order valence-electron chi connectivity index (χ4n) is 3.37. The van der Waals surface area contributed by atoms with E-state index in [1.54, 1.807) is 12.3 Å². The Kier molecular flexibility index (Phi) is 7.78. The highest BCUT2D eigenvalue weighted by Crippen LogP contribution is 2.27. The highest BCUT2D eigenvalue weighted by molar-refractivity contribution is 7.14. The third-order valence-electron chi connectivity index (χ3n) is 5.09. The number of ether oxygens (including phenoxy) is 1. The second kappa shape index (κ2) is 11.1. The Bertz CT molecular complexity index is 1230. The monoisotopic (exact) mass is 480 g/mol. The van der Waals surface area contributed by atoms with Gasteiger partial charge in [-0.2, -0.15) is 0 Å². The van der Waals surface area contributed by atoms with E-state index in [9.17, 15) is 4.79 Å². The van der Waals surface area contributed by atoms with Crippen LogP contribution in [-0.4, -0.2) is 24.0 Å². The Morgan fingerprint density at radius 1 is 1.09 bits per heavy atom. The van der Waals surface area contributed by atoms with E-state index >= 15 is 0 Å². The number of carbonyl (C=O) groups excluding carboxylic acids is 1. The van der Waals surface area contributed by atoms with Crippen molar-refractivity contribution in [3.05, 3.63) is 87.2 Å². The lowest BCUT2D eigenvalue weighted by molar-refractivity contribution is 0.0955. The number of nitrogen functional groups attached to an aromatic ring is 1. The molecule has 0 saturated heterocycles. The Morgan fingerprint density at radius 3 is 2.79 bits per heavy atom. The summed E-state index contributed by atoms with van der Waals surface area (Å²) < 4.78 is 5.68. The van der Waals surface area contributed by atoms with Crippen LogP contribution in [0.2, 0.25) is 5.02 Å². The van der Waals surface area contributed by atoms with Crippen molar-refractivity contribution >= 4 is 45.4 Å². The summed E-state index contributed by atoms with van der Waals surface area (Å²) in [6, 6.07) is 19.3. The Balaban J connectivity index is 1.23. The Labute approximate surface area is 201 Å². The number of pyridine rings is 1. The fraction of sp³-hybridized carbons (Fsp3) is 0.200. The molecule has 0 unspecified atom stereocenters. The quantitative estimate of drug-likeness (QED) is 0.277. The third kappa shape index (κ3) is 6.22. The second-order valence-electron chi connectivity index (χ2n) is 7.51. The van der Waals surface area contributed by atoms with Gasteiger partial charge in [0.05, 0.1) is 16.5 Å². The number of rotatable bonds is 10. The van der Waals surface area contributed by atoms with Gasteiger partial charge in [-0.15, -0.1) is 11.3 Å². The predicted octanol–water partition coefficient (Wildman–Crippen LogP) is 5.02. The molecule has 4 N–H and O–H groups in total. The van der Waals surface area contributed by atoms with E-state index in [2.05, 4.69) is 15.6 Å². The average Bonchev–Trinajstić information content (AvgIpc) is 3.21. The van der Waals surface area contributed by atoms with Crippen LogP contribution in [0.1, 0.15) is 26.5 Å². The number of carbonyl (C=O) groups is 1. The molecule has 170 valence electrons. The van der Waals surface area contributed by atoms with Gasteiger partial charge in [-0.05, 0) is 54.2 Å². The molecular weight excluding hydrogens is 456 g/mol. The molecule has 0 spiro atoms. The van der Waals surface area contributed by atoms with Crippen molar-refractivity contribution in [3.8, 4) is 5.75 Å². The van der Waals surface area contributed by atoms with E-state index in [1.807, 2.05) is 54.6 Å². The zero-order chi connectivity index (χ0) is 23.0. The van der Waals surface area contributed by atoms with Crippen molar-refractivity contribution in [3.63, 3.8) is 0 Å². The number of hydrogen-bond donors (Lipinski definition) is 3. The summed E-state index contributed by atoms with van der Waals surface area (Å²) >= 11 is 7.76. The number of aromatic nitrogens is 1. The molecule has 4 aromatic rings. The van der Waals surface area contributed by atoms with Gasteiger partial charge in [0.15, 0.2) is 0 Å². The molecule has 2 aromatic heterocycles. The average molecular weight is 481 g/mol. The first-order valence-electron chi connectivity index (χ1n) is 10.7. The molecule has 2 heterocycles. The summed E-state index contributed by atoms with van der Waals surface area (Å²) in [5.41, 5.74) is 6.89. The summed E-state index contributed by atoms with van der Waals surface area (Å²) in [6.45, 7) is 2.47. The van der Waals surface area contributed by atoms with Crippen molar-refractivity contribution in [1.82, 2.24) is 15.6 Å². The number of halogens is 1. The van der Waals surface area contributed by atoms with Crippen LogP contribution in [0.25, 0.3) is 10.8 Å². The first-order valence-corrected chi connectivity index (χ1v) is 11.9. The van der Waals surface area contributed by atoms with Crippen LogP contribution in [-0.2, 0) is 13.1 Å². The highest BCUT2D eigenvalue weighted by atomic mass is 35.5. The first-order chi connectivity index (χ1) is 16.1. The van der Waals surface area contributed by atoms with Gasteiger partial charge in [0.2, 0.25) is 0 Å². The van der Waals surface area contributed by atoms with Gasteiger partial charge in [0.1, 0.15) is 11.6 Å². The highest BCUT2D eigenvalue weighted by Gasteiger charge is 2.13. The van der Waals surface area contributed by atoms with Crippen LogP contribution in [0.15, 0.2) is 66.9 Å². The van der Waals surface area contributed by atoms with Crippen molar-refractivity contribution in [2.24, 2.45) is 0 Å². The molecule has 6 nitrogen and oxygen atoms in total. The normalized spacial score (nSPS) is 10.9. The predicted molar refractivity (Wildman–Crippen MR) is 135 cm³/mol. The number of amides is 1. The number of para-hydroxylation sites is 1. The van der Waals surface area contributed by atoms with Gasteiger partial charge in [0, 0.05) is 29.5 Å². The van der Waals surface area contributed by atoms with Gasteiger partial charge in [-0.1, -0.05) is 41.9 Å². The van der Waals surface area contributed by atoms with Crippen LogP contribution in [0, 0.1) is 0 Å². The van der Waals surface area contributed by atoms with Crippen molar-refractivity contribution in [1.29, 1.82) is 0 Å². The lowest BCUT2D eigenvalue weighted by Gasteiger charge is -2.07. The van der Waals surface area contributed by atoms with E-state index in [0.29, 0.717) is 35.4 Å². The molecule has 0 fully saturated rings. The first kappa shape index (κ1) is 23.0. The number of nitrogens with one attached hydrogen (secondary N) is 2. The maximum atomic E-state index is 12.6. The van der Waals surface area contributed by atoms with Crippen molar-refractivity contribution in [2.45, 2.75) is 19.5 Å². The third-order valence-corrected chi connectivity index (χ3v) is 6.67. The number of benzene rings is 2. The number of nitrogens with two attached hydrogens (primary N) is 1. The summed E-state index contributed by atoms with van der Waals surface area (Å²) in [7, 11) is 0. The summed E-state index contributed by atoms with van der Waals surface area (Å²) in [5, 5.41) is 8.83. The minimum absolute atomic E-state index is 0.140. The molecule has 0 aliphatic rings. The zero-order valence-electron chi connectivity index (χ0n) is 18.0. The molecule has 0 aliphatic carbocycles. The summed E-state index contributed by atoms with van der Waals surface area (Å²) in [5.74, 6) is 1.24. The molecule has 0 bridgehead atoms. The van der Waals surface area contributed by atoms with Crippen molar-refractivity contribution in [2.75, 3.05) is 18.9 Å². The fourth-order valence-corrected chi connectivity index (χ4v) is 4.67. The lowest BCUT2D eigenvalue weighted by atomic mass is 10.1. The van der Waals surface area contributed by atoms with Gasteiger partial charge in [-0.3, -0.25) is 4.79 Å². The minimum atomic E-state index is -0.140. The number of fused-ring (bicyclic) bond motifs is 1. The molecular formula is C25H25ClN4O2S. The summed E-state index contributed by atoms with van der Waals surface area (Å²) in [4.78, 5) is 18.3. The number of thiophene rings is 1. The van der Waals surface area contributed by atoms with E-state index < -0.39 is 0 Å². The van der Waals surface area contributed by atoms with Crippen molar-refractivity contribution < 1.29 is 9.53 Å². The van der Waals surface area contributed by atoms with Crippen LogP contribution in [0.3, 0.4) is 0 Å². The van der Waals surface area contributed by atoms with E-state index in [1.165, 1.54) is 11.3 Å². The topological polar surface area (TPSA) is 89.3 Å². The van der Waals surface area contributed by atoms with Gasteiger partial charge in [0.25, 0.3) is 5.91 Å². The zero-order valence-corrected chi connectivity index (χ0v) is 19.6. The smallest absolute Gasteiger partial charge is 0.261 e. The number of nitrogens with zero attached hydrogens (tertiary/aromatic N) is 1. The van der Waals surface area contributed by atoms with E-state index in [4.69, 9.17) is 22.1 Å². The maximum Gasteiger partial charge on any atom is 0.261 e. The van der Waals surface area contributed by atoms with Gasteiger partial charge in [-0.25, -0.2) is 4.98 Å². The summed E-state index contributed by atoms with van der Waals surface area (Å²) in [6.07, 6.45) is 2.55. The minimum Gasteiger partial charge on any atom is -0.494 e. The standard InChI is InChI=1S/C25H25ClN4O2S/c26-21-14-22(33-23(21)16-28-10-4-12-32-19-5-2-1-3-6-19)25(31)30-15-17-7-8-20-18(13-17)9-11-29-24(20)27/h1-3,5-9,11,13-14,28H,4,10,12,15-16H2,(H2,27,29)(H,30,31). The number of hydrogen-bond acceptors (Lipinski definition) is 6. The largest absolute Gasteiger partial charge is 0.494 e. The van der Waals surface area contributed by atoms with Gasteiger partial charge >= 0.3 is 0 Å². The van der Waals surface area contributed by atoms with E-state index in [0.717, 1.165) is 39.9 Å². The molecule has 0 atom stereocenters. The van der Waals surface area contributed by atoms with Crippen LogP contribution in [0.4, 0.5) is 5.82 Å². The molecule has 33 heavy (non-hydrogen) atoms.